The Labute approximate surface area is 225 Å². The van der Waals surface area contributed by atoms with E-state index in [1.807, 2.05) is 10.7 Å². The first-order chi connectivity index (χ1) is 17.0. The topological polar surface area (TPSA) is 149 Å². The van der Waals surface area contributed by atoms with Crippen LogP contribution in [0.5, 0.6) is 0 Å². The van der Waals surface area contributed by atoms with Gasteiger partial charge in [-0.15, -0.1) is 24.8 Å². The molecule has 10 nitrogen and oxygen atoms in total. The van der Waals surface area contributed by atoms with Gasteiger partial charge in [-0.2, -0.15) is 5.10 Å². The number of nitrogens with zero attached hydrogens (tertiary/aromatic N) is 4. The lowest BCUT2D eigenvalue weighted by Gasteiger charge is -2.23. The number of fused-ring (bicyclic) bond motifs is 1. The summed E-state index contributed by atoms with van der Waals surface area (Å²) in [6.07, 6.45) is 3.22. The molecule has 7 N–H and O–H groups in total. The Morgan fingerprint density at radius 3 is 2.62 bits per heavy atom. The molecule has 0 bridgehead atoms. The predicted molar refractivity (Wildman–Crippen MR) is 148 cm³/mol. The van der Waals surface area contributed by atoms with Crippen molar-refractivity contribution in [3.05, 3.63) is 60.2 Å². The van der Waals surface area contributed by atoms with Crippen molar-refractivity contribution in [2.45, 2.75) is 25.4 Å². The van der Waals surface area contributed by atoms with Gasteiger partial charge in [-0.25, -0.2) is 23.8 Å². The van der Waals surface area contributed by atoms with Gasteiger partial charge in [0, 0.05) is 17.8 Å². The molecule has 0 radical (unpaired) electrons. The van der Waals surface area contributed by atoms with Gasteiger partial charge in [0.15, 0.2) is 5.65 Å². The lowest BCUT2D eigenvalue weighted by Crippen LogP contribution is -2.30. The number of carbonyl (C=O) groups excluding carboxylic acids is 1. The summed E-state index contributed by atoms with van der Waals surface area (Å²) >= 11 is 0. The molecule has 2 aromatic heterocycles. The van der Waals surface area contributed by atoms with Crippen LogP contribution < -0.4 is 27.4 Å². The van der Waals surface area contributed by atoms with Crippen LogP contribution >= 0.6 is 24.8 Å². The number of anilines is 3. The molecule has 1 aliphatic rings. The zero-order valence-corrected chi connectivity index (χ0v) is 21.4. The van der Waals surface area contributed by atoms with Crippen molar-refractivity contribution in [2.24, 2.45) is 5.73 Å². The van der Waals surface area contributed by atoms with Crippen LogP contribution in [0.1, 0.15) is 24.4 Å². The number of piperidine rings is 1. The molecule has 0 unspecified atom stereocenters. The Bertz CT molecular complexity index is 1390. The summed E-state index contributed by atoms with van der Waals surface area (Å²) in [5, 5.41) is 13.9. The number of hydrogen-bond donors (Lipinski definition) is 5. The number of urea groups is 1. The minimum Gasteiger partial charge on any atom is -0.383 e. The van der Waals surface area contributed by atoms with Gasteiger partial charge in [0.2, 0.25) is 0 Å². The molecule has 0 atom stereocenters. The first kappa shape index (κ1) is 28.1. The van der Waals surface area contributed by atoms with Crippen LogP contribution in [0.2, 0.25) is 0 Å². The van der Waals surface area contributed by atoms with E-state index in [-0.39, 0.29) is 42.4 Å². The Kier molecular flexibility index (Phi) is 9.22. The van der Waals surface area contributed by atoms with Crippen molar-refractivity contribution in [2.75, 3.05) is 29.5 Å². The number of carbonyl (C=O) groups is 1. The van der Waals surface area contributed by atoms with Crippen molar-refractivity contribution in [3.8, 4) is 11.3 Å². The summed E-state index contributed by atoms with van der Waals surface area (Å²) in [6, 6.07) is 11.2. The zero-order chi connectivity index (χ0) is 24.4. The molecule has 37 heavy (non-hydrogen) atoms. The van der Waals surface area contributed by atoms with Gasteiger partial charge in [-0.3, -0.25) is 0 Å². The molecule has 13 heteroatoms. The molecule has 1 aliphatic heterocycles. The third-order valence-corrected chi connectivity index (χ3v) is 6.08. The number of aromatic nitrogens is 4. The van der Waals surface area contributed by atoms with E-state index in [0.717, 1.165) is 31.5 Å². The number of nitrogens with two attached hydrogens (primary N) is 2. The molecule has 2 amide bonds. The lowest BCUT2D eigenvalue weighted by molar-refractivity contribution is 0.262. The summed E-state index contributed by atoms with van der Waals surface area (Å²) < 4.78 is 16.9. The number of benzene rings is 2. The summed E-state index contributed by atoms with van der Waals surface area (Å²) in [7, 11) is 0. The highest BCUT2D eigenvalue weighted by Gasteiger charge is 2.24. The average molecular weight is 548 g/mol. The van der Waals surface area contributed by atoms with E-state index in [1.165, 1.54) is 18.5 Å². The summed E-state index contributed by atoms with van der Waals surface area (Å²) in [4.78, 5) is 20.9. The van der Waals surface area contributed by atoms with Crippen molar-refractivity contribution < 1.29 is 9.18 Å². The van der Waals surface area contributed by atoms with Gasteiger partial charge < -0.3 is 27.4 Å². The standard InChI is InChI=1S/C24H26FN9O.2ClH/c25-18-11-15(4-5-19(18)32-24(35)31-16-3-1-2-14(10-16)12-26)21-20-22(27)29-13-30-23(20)34(33-21)17-6-8-28-9-7-17;;/h1-5,10-11,13,17,28H,6-9,12,26H2,(H2,27,29,30)(H2,31,32,35);2*1H. The summed E-state index contributed by atoms with van der Waals surface area (Å²) in [5.41, 5.74) is 14.9. The monoisotopic (exact) mass is 547 g/mol. The van der Waals surface area contributed by atoms with E-state index in [9.17, 15) is 4.79 Å². The number of rotatable bonds is 5. The maximum Gasteiger partial charge on any atom is 0.323 e. The SMILES string of the molecule is Cl.Cl.NCc1cccc(NC(=O)Nc2ccc(-c3nn(C4CCNCC4)c4ncnc(N)c34)cc2F)c1. The van der Waals surface area contributed by atoms with Gasteiger partial charge in [-0.1, -0.05) is 18.2 Å². The first-order valence-electron chi connectivity index (χ1n) is 11.4. The highest BCUT2D eigenvalue weighted by atomic mass is 35.5. The van der Waals surface area contributed by atoms with E-state index in [1.54, 1.807) is 24.3 Å². The third-order valence-electron chi connectivity index (χ3n) is 6.08. The van der Waals surface area contributed by atoms with Gasteiger partial charge in [0.05, 0.1) is 17.1 Å². The molecule has 0 saturated carbocycles. The number of halogens is 3. The zero-order valence-electron chi connectivity index (χ0n) is 19.8. The molecular formula is C24H28Cl2FN9O. The van der Waals surface area contributed by atoms with Crippen LogP contribution in [0.25, 0.3) is 22.3 Å². The Hall–Kier alpha value is -3.51. The Morgan fingerprint density at radius 1 is 1.11 bits per heavy atom. The normalized spacial score (nSPS) is 13.5. The second kappa shape index (κ2) is 12.2. The molecule has 0 spiro atoms. The summed E-state index contributed by atoms with van der Waals surface area (Å²) in [6.45, 7) is 2.12. The number of nitrogens with one attached hydrogen (secondary N) is 3. The Balaban J connectivity index is 0.00000190. The van der Waals surface area contributed by atoms with Crippen LogP contribution in [0.4, 0.5) is 26.4 Å². The van der Waals surface area contributed by atoms with Crippen molar-refractivity contribution in [1.82, 2.24) is 25.1 Å². The van der Waals surface area contributed by atoms with Crippen LogP contribution in [-0.2, 0) is 6.54 Å². The van der Waals surface area contributed by atoms with Gasteiger partial charge >= 0.3 is 6.03 Å². The largest absolute Gasteiger partial charge is 0.383 e. The van der Waals surface area contributed by atoms with Gasteiger partial charge in [-0.05, 0) is 55.8 Å². The number of hydrogen-bond acceptors (Lipinski definition) is 7. The minimum absolute atomic E-state index is 0. The van der Waals surface area contributed by atoms with E-state index >= 15 is 4.39 Å². The lowest BCUT2D eigenvalue weighted by atomic mass is 10.1. The molecule has 2 aromatic carbocycles. The average Bonchev–Trinajstić information content (AvgIpc) is 3.27. The molecule has 1 fully saturated rings. The van der Waals surface area contributed by atoms with Gasteiger partial charge in [0.25, 0.3) is 0 Å². The highest BCUT2D eigenvalue weighted by molar-refractivity contribution is 6.01. The van der Waals surface area contributed by atoms with Crippen molar-refractivity contribution in [3.63, 3.8) is 0 Å². The number of amides is 2. The van der Waals surface area contributed by atoms with E-state index in [2.05, 4.69) is 25.9 Å². The van der Waals surface area contributed by atoms with Crippen molar-refractivity contribution in [1.29, 1.82) is 0 Å². The van der Waals surface area contributed by atoms with Crippen LogP contribution in [0.15, 0.2) is 48.8 Å². The summed E-state index contributed by atoms with van der Waals surface area (Å²) in [5.74, 6) is -0.319. The minimum atomic E-state index is -0.603. The fourth-order valence-corrected chi connectivity index (χ4v) is 4.33. The molecule has 4 aromatic rings. The quantitative estimate of drug-likeness (QED) is 0.252. The third kappa shape index (κ3) is 5.91. The molecule has 1 saturated heterocycles. The van der Waals surface area contributed by atoms with Crippen LogP contribution in [0, 0.1) is 5.82 Å². The second-order valence-electron chi connectivity index (χ2n) is 8.41. The molecule has 3 heterocycles. The number of nitrogen functional groups attached to an aromatic ring is 1. The smallest absolute Gasteiger partial charge is 0.323 e. The van der Waals surface area contributed by atoms with E-state index in [0.29, 0.717) is 34.5 Å². The molecule has 0 aliphatic carbocycles. The maximum atomic E-state index is 15.1. The van der Waals surface area contributed by atoms with E-state index < -0.39 is 11.8 Å². The van der Waals surface area contributed by atoms with E-state index in [4.69, 9.17) is 16.6 Å². The van der Waals surface area contributed by atoms with Crippen LogP contribution in [0.3, 0.4) is 0 Å². The van der Waals surface area contributed by atoms with Crippen LogP contribution in [-0.4, -0.2) is 38.9 Å². The van der Waals surface area contributed by atoms with Gasteiger partial charge in [0.1, 0.15) is 23.7 Å². The predicted octanol–water partition coefficient (Wildman–Crippen LogP) is 4.09. The Morgan fingerprint density at radius 2 is 1.89 bits per heavy atom. The maximum absolute atomic E-state index is 15.1. The highest BCUT2D eigenvalue weighted by Crippen LogP contribution is 2.34. The fraction of sp³-hybridized carbons (Fsp3) is 0.250. The second-order valence-corrected chi connectivity index (χ2v) is 8.41. The first-order valence-corrected chi connectivity index (χ1v) is 11.4. The van der Waals surface area contributed by atoms with Crippen molar-refractivity contribution >= 4 is 59.1 Å². The molecule has 196 valence electrons. The molecular weight excluding hydrogens is 520 g/mol. The fourth-order valence-electron chi connectivity index (χ4n) is 4.33. The molecule has 5 rings (SSSR count).